The highest BCUT2D eigenvalue weighted by Crippen LogP contribution is 2.26. The van der Waals surface area contributed by atoms with Gasteiger partial charge in [-0.3, -0.25) is 4.79 Å². The van der Waals surface area contributed by atoms with Gasteiger partial charge in [-0.15, -0.1) is 0 Å². The van der Waals surface area contributed by atoms with Crippen LogP contribution in [0.3, 0.4) is 0 Å². The number of alkyl halides is 3. The first-order chi connectivity index (χ1) is 10.8. The number of amides is 1. The van der Waals surface area contributed by atoms with Gasteiger partial charge >= 0.3 is 12.1 Å². The van der Waals surface area contributed by atoms with Crippen LogP contribution in [0.25, 0.3) is 0 Å². The Bertz CT molecular complexity index is 720. The molecule has 0 saturated heterocycles. The summed E-state index contributed by atoms with van der Waals surface area (Å²) >= 11 is 11.9. The topological polar surface area (TPSA) is 41.1 Å². The molecule has 8 heteroatoms. The predicted molar refractivity (Wildman–Crippen MR) is 84.9 cm³/mol. The van der Waals surface area contributed by atoms with Crippen LogP contribution >= 0.6 is 23.2 Å². The molecule has 0 heterocycles. The molecule has 0 spiro atoms. The van der Waals surface area contributed by atoms with Gasteiger partial charge in [0.1, 0.15) is 0 Å². The van der Waals surface area contributed by atoms with E-state index in [4.69, 9.17) is 23.2 Å². The van der Waals surface area contributed by atoms with Crippen molar-refractivity contribution >= 4 is 40.5 Å². The number of nitrogens with one attached hydrogen (secondary N) is 2. The van der Waals surface area contributed by atoms with E-state index >= 15 is 0 Å². The summed E-state index contributed by atoms with van der Waals surface area (Å²) in [7, 11) is 0. The fraction of sp³-hybridized carbons (Fsp3) is 0.133. The van der Waals surface area contributed by atoms with Crippen molar-refractivity contribution in [2.24, 2.45) is 0 Å². The minimum atomic E-state index is -4.93. The van der Waals surface area contributed by atoms with Crippen LogP contribution in [0, 0.1) is 0 Å². The third-order valence-electron chi connectivity index (χ3n) is 2.85. The highest BCUT2D eigenvalue weighted by atomic mass is 35.5. The lowest BCUT2D eigenvalue weighted by Gasteiger charge is -2.11. The van der Waals surface area contributed by atoms with Crippen LogP contribution in [0.4, 0.5) is 24.5 Å². The van der Waals surface area contributed by atoms with Gasteiger partial charge in [-0.05, 0) is 35.9 Å². The summed E-state index contributed by atoms with van der Waals surface area (Å²) in [5.74, 6) is -2.01. The van der Waals surface area contributed by atoms with Crippen molar-refractivity contribution in [1.29, 1.82) is 0 Å². The molecule has 0 aromatic heterocycles. The molecule has 0 fully saturated rings. The van der Waals surface area contributed by atoms with Gasteiger partial charge in [-0.25, -0.2) is 0 Å². The second-order valence-corrected chi connectivity index (χ2v) is 5.47. The molecular formula is C15H11Cl2F3N2O. The van der Waals surface area contributed by atoms with Crippen molar-refractivity contribution in [1.82, 2.24) is 0 Å². The quantitative estimate of drug-likeness (QED) is 0.793. The first-order valence-electron chi connectivity index (χ1n) is 6.42. The summed E-state index contributed by atoms with van der Waals surface area (Å²) in [5, 5.41) is 5.80. The first-order valence-corrected chi connectivity index (χ1v) is 7.17. The molecule has 122 valence electrons. The maximum atomic E-state index is 12.2. The van der Waals surface area contributed by atoms with Crippen molar-refractivity contribution < 1.29 is 18.0 Å². The maximum Gasteiger partial charge on any atom is 0.471 e. The van der Waals surface area contributed by atoms with E-state index in [1.807, 2.05) is 0 Å². The lowest BCUT2D eigenvalue weighted by atomic mass is 10.2. The van der Waals surface area contributed by atoms with E-state index < -0.39 is 12.1 Å². The summed E-state index contributed by atoms with van der Waals surface area (Å²) < 4.78 is 36.7. The van der Waals surface area contributed by atoms with E-state index in [0.29, 0.717) is 27.8 Å². The molecule has 23 heavy (non-hydrogen) atoms. The Kier molecular flexibility index (Phi) is 5.38. The molecule has 2 N–H and O–H groups in total. The zero-order chi connectivity index (χ0) is 17.0. The van der Waals surface area contributed by atoms with Gasteiger partial charge in [-0.1, -0.05) is 35.3 Å². The predicted octanol–water partition coefficient (Wildman–Crippen LogP) is 5.11. The Morgan fingerprint density at radius 2 is 1.83 bits per heavy atom. The van der Waals surface area contributed by atoms with Crippen LogP contribution in [0.1, 0.15) is 5.56 Å². The van der Waals surface area contributed by atoms with E-state index in [9.17, 15) is 18.0 Å². The van der Waals surface area contributed by atoms with Crippen LogP contribution in [-0.2, 0) is 11.3 Å². The molecule has 0 aliphatic heterocycles. The average molecular weight is 363 g/mol. The molecule has 0 radical (unpaired) electrons. The molecule has 0 aliphatic carbocycles. The van der Waals surface area contributed by atoms with Gasteiger partial charge in [0.15, 0.2) is 0 Å². The number of anilines is 2. The summed E-state index contributed by atoms with van der Waals surface area (Å²) in [6.07, 6.45) is -4.93. The third-order valence-corrected chi connectivity index (χ3v) is 3.42. The number of rotatable bonds is 4. The maximum absolute atomic E-state index is 12.2. The molecule has 0 aliphatic rings. The van der Waals surface area contributed by atoms with E-state index in [-0.39, 0.29) is 5.69 Å². The zero-order valence-corrected chi connectivity index (χ0v) is 13.1. The fourth-order valence-electron chi connectivity index (χ4n) is 1.79. The second kappa shape index (κ2) is 7.10. The van der Waals surface area contributed by atoms with Crippen molar-refractivity contribution in [3.05, 3.63) is 58.1 Å². The normalized spacial score (nSPS) is 11.2. The highest BCUT2D eigenvalue weighted by Gasteiger charge is 2.38. The molecule has 2 aromatic carbocycles. The summed E-state index contributed by atoms with van der Waals surface area (Å²) in [4.78, 5) is 10.9. The fourth-order valence-corrected chi connectivity index (χ4v) is 2.15. The number of hydrogen-bond acceptors (Lipinski definition) is 2. The van der Waals surface area contributed by atoms with Crippen LogP contribution < -0.4 is 10.6 Å². The largest absolute Gasteiger partial charge is 0.471 e. The van der Waals surface area contributed by atoms with Gasteiger partial charge in [0, 0.05) is 17.3 Å². The summed E-state index contributed by atoms with van der Waals surface area (Å²) in [5.41, 5.74) is 1.33. The second-order valence-electron chi connectivity index (χ2n) is 4.63. The van der Waals surface area contributed by atoms with Crippen molar-refractivity contribution in [2.45, 2.75) is 12.7 Å². The molecule has 2 aromatic rings. The Hall–Kier alpha value is -1.92. The van der Waals surface area contributed by atoms with Crippen molar-refractivity contribution in [3.8, 4) is 0 Å². The third kappa shape index (κ3) is 5.04. The van der Waals surface area contributed by atoms with E-state index in [1.54, 1.807) is 35.6 Å². The SMILES string of the molecule is O=C(Nc1cccc(CNc2cc(Cl)ccc2Cl)c1)C(F)(F)F. The monoisotopic (exact) mass is 362 g/mol. The van der Waals surface area contributed by atoms with Crippen molar-refractivity contribution in [2.75, 3.05) is 10.6 Å². The van der Waals surface area contributed by atoms with Crippen LogP contribution in [-0.4, -0.2) is 12.1 Å². The van der Waals surface area contributed by atoms with Gasteiger partial charge < -0.3 is 10.6 Å². The molecule has 3 nitrogen and oxygen atoms in total. The highest BCUT2D eigenvalue weighted by molar-refractivity contribution is 6.35. The minimum Gasteiger partial charge on any atom is -0.380 e. The average Bonchev–Trinajstić information content (AvgIpc) is 2.47. The Morgan fingerprint density at radius 3 is 2.52 bits per heavy atom. The lowest BCUT2D eigenvalue weighted by Crippen LogP contribution is -2.29. The minimum absolute atomic E-state index is 0.0591. The molecule has 0 unspecified atom stereocenters. The molecule has 0 atom stereocenters. The molecular weight excluding hydrogens is 352 g/mol. The van der Waals surface area contributed by atoms with Gasteiger partial charge in [0.25, 0.3) is 0 Å². The molecule has 0 bridgehead atoms. The number of hydrogen-bond donors (Lipinski definition) is 2. The van der Waals surface area contributed by atoms with Crippen LogP contribution in [0.5, 0.6) is 0 Å². The standard InChI is InChI=1S/C15H11Cl2F3N2O/c16-10-4-5-12(17)13(7-10)21-8-9-2-1-3-11(6-9)22-14(23)15(18,19)20/h1-7,21H,8H2,(H,22,23). The molecule has 2 rings (SSSR count). The van der Waals surface area contributed by atoms with Gasteiger partial charge in [-0.2, -0.15) is 13.2 Å². The number of carbonyl (C=O) groups excluding carboxylic acids is 1. The van der Waals surface area contributed by atoms with Gasteiger partial charge in [0.05, 0.1) is 10.7 Å². The van der Waals surface area contributed by atoms with E-state index in [0.717, 1.165) is 0 Å². The molecule has 0 saturated carbocycles. The number of carbonyl (C=O) groups is 1. The Morgan fingerprint density at radius 1 is 1.09 bits per heavy atom. The van der Waals surface area contributed by atoms with E-state index in [2.05, 4.69) is 5.32 Å². The smallest absolute Gasteiger partial charge is 0.380 e. The Labute approximate surface area is 140 Å². The number of halogens is 5. The van der Waals surface area contributed by atoms with Crippen LogP contribution in [0.2, 0.25) is 10.0 Å². The zero-order valence-electron chi connectivity index (χ0n) is 11.5. The number of benzene rings is 2. The van der Waals surface area contributed by atoms with E-state index in [1.165, 1.54) is 12.1 Å². The molecule has 1 amide bonds. The first kappa shape index (κ1) is 17.4. The van der Waals surface area contributed by atoms with Crippen LogP contribution in [0.15, 0.2) is 42.5 Å². The summed E-state index contributed by atoms with van der Waals surface area (Å²) in [6.45, 7) is 0.301. The lowest BCUT2D eigenvalue weighted by molar-refractivity contribution is -0.167. The van der Waals surface area contributed by atoms with Gasteiger partial charge in [0.2, 0.25) is 0 Å². The van der Waals surface area contributed by atoms with Crippen molar-refractivity contribution in [3.63, 3.8) is 0 Å². The Balaban J connectivity index is 2.05. The summed E-state index contributed by atoms with van der Waals surface area (Å²) in [6, 6.07) is 11.0.